The molecule has 0 heterocycles. The van der Waals surface area contributed by atoms with Gasteiger partial charge in [-0.3, -0.25) is 0 Å². The Labute approximate surface area is 89.3 Å². The van der Waals surface area contributed by atoms with E-state index in [4.69, 9.17) is 22.1 Å². The highest BCUT2D eigenvalue weighted by Crippen LogP contribution is 2.22. The number of anilines is 1. The van der Waals surface area contributed by atoms with Crippen molar-refractivity contribution in [1.82, 2.24) is 0 Å². The maximum absolute atomic E-state index is 5.75. The zero-order valence-corrected chi connectivity index (χ0v) is 8.92. The molecule has 3 heteroatoms. The summed E-state index contributed by atoms with van der Waals surface area (Å²) in [6, 6.07) is 5.69. The fraction of sp³-hybridized carbons (Fsp3) is 0.273. The second kappa shape index (κ2) is 5.55. The van der Waals surface area contributed by atoms with Crippen molar-refractivity contribution in [2.75, 3.05) is 18.7 Å². The standard InChI is InChI=1S/C11H14ClNO/c1-14-11-6-5-9(8-10(11)13)4-2-3-7-12/h2,4-6,8H,3,7,13H2,1H3. The Morgan fingerprint density at radius 1 is 1.50 bits per heavy atom. The predicted octanol–water partition coefficient (Wildman–Crippen LogP) is 2.92. The van der Waals surface area contributed by atoms with E-state index in [-0.39, 0.29) is 0 Å². The van der Waals surface area contributed by atoms with Crippen molar-refractivity contribution in [3.63, 3.8) is 0 Å². The Balaban J connectivity index is 2.76. The van der Waals surface area contributed by atoms with Crippen LogP contribution in [0.3, 0.4) is 0 Å². The predicted molar refractivity (Wildman–Crippen MR) is 61.8 cm³/mol. The molecular weight excluding hydrogens is 198 g/mol. The number of nitrogen functional groups attached to an aromatic ring is 1. The smallest absolute Gasteiger partial charge is 0.141 e. The minimum atomic E-state index is 0.641. The number of ether oxygens (including phenoxy) is 1. The fourth-order valence-electron chi connectivity index (χ4n) is 1.14. The summed E-state index contributed by atoms with van der Waals surface area (Å²) < 4.78 is 5.06. The van der Waals surface area contributed by atoms with Gasteiger partial charge in [0, 0.05) is 5.88 Å². The normalized spacial score (nSPS) is 10.7. The van der Waals surface area contributed by atoms with E-state index < -0.39 is 0 Å². The number of alkyl halides is 1. The SMILES string of the molecule is COc1ccc(C=CCCCl)cc1N. The first-order chi connectivity index (χ1) is 6.77. The molecule has 0 bridgehead atoms. The Morgan fingerprint density at radius 2 is 2.29 bits per heavy atom. The van der Waals surface area contributed by atoms with Gasteiger partial charge in [-0.1, -0.05) is 18.2 Å². The van der Waals surface area contributed by atoms with E-state index in [1.165, 1.54) is 0 Å². The van der Waals surface area contributed by atoms with Crippen LogP contribution in [0.15, 0.2) is 24.3 Å². The summed E-state index contributed by atoms with van der Waals surface area (Å²) >= 11 is 5.55. The van der Waals surface area contributed by atoms with Gasteiger partial charge in [0.1, 0.15) is 5.75 Å². The molecule has 0 spiro atoms. The Morgan fingerprint density at radius 3 is 2.86 bits per heavy atom. The highest BCUT2D eigenvalue weighted by Gasteiger charge is 1.97. The van der Waals surface area contributed by atoms with E-state index in [9.17, 15) is 0 Å². The molecule has 1 aromatic rings. The zero-order chi connectivity index (χ0) is 10.4. The highest BCUT2D eigenvalue weighted by molar-refractivity contribution is 6.17. The molecule has 2 N–H and O–H groups in total. The van der Waals surface area contributed by atoms with Crippen molar-refractivity contribution in [2.24, 2.45) is 0 Å². The lowest BCUT2D eigenvalue weighted by Crippen LogP contribution is -1.92. The summed E-state index contributed by atoms with van der Waals surface area (Å²) in [5.74, 6) is 1.35. The molecule has 0 saturated heterocycles. The van der Waals surface area contributed by atoms with E-state index in [1.54, 1.807) is 7.11 Å². The average molecular weight is 212 g/mol. The number of methoxy groups -OCH3 is 1. The first-order valence-corrected chi connectivity index (χ1v) is 4.97. The Kier molecular flexibility index (Phi) is 4.33. The van der Waals surface area contributed by atoms with E-state index in [2.05, 4.69) is 0 Å². The van der Waals surface area contributed by atoms with Gasteiger partial charge in [-0.25, -0.2) is 0 Å². The third kappa shape index (κ3) is 2.96. The third-order valence-electron chi connectivity index (χ3n) is 1.84. The number of allylic oxidation sites excluding steroid dienone is 1. The molecule has 14 heavy (non-hydrogen) atoms. The third-order valence-corrected chi connectivity index (χ3v) is 2.06. The van der Waals surface area contributed by atoms with Crippen LogP contribution in [-0.4, -0.2) is 13.0 Å². The van der Waals surface area contributed by atoms with Crippen LogP contribution >= 0.6 is 11.6 Å². The molecule has 0 aliphatic heterocycles. The molecule has 0 aliphatic carbocycles. The van der Waals surface area contributed by atoms with Crippen LogP contribution in [0.5, 0.6) is 5.75 Å². The minimum Gasteiger partial charge on any atom is -0.495 e. The number of rotatable bonds is 4. The lowest BCUT2D eigenvalue weighted by molar-refractivity contribution is 0.417. The maximum atomic E-state index is 5.75. The molecule has 0 amide bonds. The van der Waals surface area contributed by atoms with Crippen molar-refractivity contribution in [2.45, 2.75) is 6.42 Å². The first kappa shape index (κ1) is 10.9. The van der Waals surface area contributed by atoms with Gasteiger partial charge in [0.15, 0.2) is 0 Å². The second-order valence-electron chi connectivity index (χ2n) is 2.88. The molecular formula is C11H14ClNO. The molecule has 1 aromatic carbocycles. The monoisotopic (exact) mass is 211 g/mol. The van der Waals surface area contributed by atoms with Gasteiger partial charge in [-0.15, -0.1) is 11.6 Å². The lowest BCUT2D eigenvalue weighted by atomic mass is 10.1. The van der Waals surface area contributed by atoms with E-state index >= 15 is 0 Å². The van der Waals surface area contributed by atoms with Crippen molar-refractivity contribution in [3.05, 3.63) is 29.8 Å². The second-order valence-corrected chi connectivity index (χ2v) is 3.26. The van der Waals surface area contributed by atoms with Gasteiger partial charge in [0.25, 0.3) is 0 Å². The van der Waals surface area contributed by atoms with E-state index in [0.717, 1.165) is 12.0 Å². The van der Waals surface area contributed by atoms with Crippen LogP contribution in [0.4, 0.5) is 5.69 Å². The van der Waals surface area contributed by atoms with Crippen molar-refractivity contribution >= 4 is 23.4 Å². The minimum absolute atomic E-state index is 0.641. The van der Waals surface area contributed by atoms with Gasteiger partial charge in [-0.2, -0.15) is 0 Å². The van der Waals surface area contributed by atoms with Gasteiger partial charge in [0.2, 0.25) is 0 Å². The van der Waals surface area contributed by atoms with Crippen LogP contribution < -0.4 is 10.5 Å². The summed E-state index contributed by atoms with van der Waals surface area (Å²) in [6.45, 7) is 0. The van der Waals surface area contributed by atoms with E-state index in [1.807, 2.05) is 30.4 Å². The maximum Gasteiger partial charge on any atom is 0.141 e. The summed E-state index contributed by atoms with van der Waals surface area (Å²) in [5, 5.41) is 0. The van der Waals surface area contributed by atoms with Crippen molar-refractivity contribution in [3.8, 4) is 5.75 Å². The summed E-state index contributed by atoms with van der Waals surface area (Å²) in [5.41, 5.74) is 7.47. The Hall–Kier alpha value is -1.15. The van der Waals surface area contributed by atoms with Crippen LogP contribution in [0, 0.1) is 0 Å². The van der Waals surface area contributed by atoms with Crippen LogP contribution in [0.2, 0.25) is 0 Å². The molecule has 0 radical (unpaired) electrons. The fourth-order valence-corrected chi connectivity index (χ4v) is 1.26. The van der Waals surface area contributed by atoms with Gasteiger partial charge in [0.05, 0.1) is 12.8 Å². The molecule has 0 atom stereocenters. The highest BCUT2D eigenvalue weighted by atomic mass is 35.5. The van der Waals surface area contributed by atoms with E-state index in [0.29, 0.717) is 17.3 Å². The first-order valence-electron chi connectivity index (χ1n) is 4.44. The largest absolute Gasteiger partial charge is 0.495 e. The van der Waals surface area contributed by atoms with Crippen LogP contribution in [0.25, 0.3) is 6.08 Å². The quantitative estimate of drug-likeness (QED) is 0.614. The van der Waals surface area contributed by atoms with Gasteiger partial charge < -0.3 is 10.5 Å². The number of benzene rings is 1. The molecule has 0 aromatic heterocycles. The van der Waals surface area contributed by atoms with Gasteiger partial charge >= 0.3 is 0 Å². The summed E-state index contributed by atoms with van der Waals surface area (Å²) in [4.78, 5) is 0. The number of hydrogen-bond donors (Lipinski definition) is 1. The Bertz CT molecular complexity index is 323. The molecule has 0 aliphatic rings. The molecule has 0 unspecified atom stereocenters. The summed E-state index contributed by atoms with van der Waals surface area (Å²) in [6.07, 6.45) is 4.89. The molecule has 0 saturated carbocycles. The van der Waals surface area contributed by atoms with Crippen LogP contribution in [0.1, 0.15) is 12.0 Å². The molecule has 2 nitrogen and oxygen atoms in total. The number of hydrogen-bond acceptors (Lipinski definition) is 2. The molecule has 1 rings (SSSR count). The molecule has 0 fully saturated rings. The average Bonchev–Trinajstić information content (AvgIpc) is 2.18. The van der Waals surface area contributed by atoms with Crippen LogP contribution in [-0.2, 0) is 0 Å². The molecule has 76 valence electrons. The zero-order valence-electron chi connectivity index (χ0n) is 8.16. The summed E-state index contributed by atoms with van der Waals surface area (Å²) in [7, 11) is 1.61. The van der Waals surface area contributed by atoms with Gasteiger partial charge in [-0.05, 0) is 24.1 Å². The number of nitrogens with two attached hydrogens (primary N) is 1. The topological polar surface area (TPSA) is 35.2 Å². The van der Waals surface area contributed by atoms with Crippen molar-refractivity contribution < 1.29 is 4.74 Å². The van der Waals surface area contributed by atoms with Crippen molar-refractivity contribution in [1.29, 1.82) is 0 Å². The number of halogens is 1. The lowest BCUT2D eigenvalue weighted by Gasteiger charge is -2.04.